The van der Waals surface area contributed by atoms with Crippen LogP contribution in [0.15, 0.2) is 12.1 Å². The zero-order valence-corrected chi connectivity index (χ0v) is 9.34. The van der Waals surface area contributed by atoms with Gasteiger partial charge in [0.05, 0.1) is 12.8 Å². The summed E-state index contributed by atoms with van der Waals surface area (Å²) in [6.45, 7) is 0. The first-order valence-corrected chi connectivity index (χ1v) is 4.65. The Morgan fingerprint density at radius 3 is 2.32 bits per heavy atom. The van der Waals surface area contributed by atoms with Gasteiger partial charge in [-0.15, -0.1) is 0 Å². The number of anilines is 1. The number of alkyl halides is 3. The van der Waals surface area contributed by atoms with Crippen LogP contribution in [-0.2, 0) is 4.79 Å². The number of hydrogen-bond donors (Lipinski definition) is 2. The van der Waals surface area contributed by atoms with Crippen molar-refractivity contribution >= 4 is 17.6 Å². The molecular formula is C10H7F4NO4. The molecular weight excluding hydrogens is 274 g/mol. The van der Waals surface area contributed by atoms with Gasteiger partial charge in [0, 0.05) is 6.07 Å². The van der Waals surface area contributed by atoms with Crippen LogP contribution in [0.5, 0.6) is 5.75 Å². The average molecular weight is 281 g/mol. The summed E-state index contributed by atoms with van der Waals surface area (Å²) in [7, 11) is 1.06. The minimum atomic E-state index is -5.21. The third-order valence-electron chi connectivity index (χ3n) is 2.03. The first-order valence-electron chi connectivity index (χ1n) is 4.65. The van der Waals surface area contributed by atoms with Crippen LogP contribution in [0.25, 0.3) is 0 Å². The van der Waals surface area contributed by atoms with Gasteiger partial charge in [0.2, 0.25) is 0 Å². The fourth-order valence-electron chi connectivity index (χ4n) is 1.18. The van der Waals surface area contributed by atoms with E-state index in [1.54, 1.807) is 0 Å². The first-order chi connectivity index (χ1) is 8.66. The van der Waals surface area contributed by atoms with E-state index in [-0.39, 0.29) is 5.75 Å². The Morgan fingerprint density at radius 2 is 1.89 bits per heavy atom. The SMILES string of the molecule is COc1cc(F)c(NC(=O)C(F)(F)F)cc1C(=O)O. The van der Waals surface area contributed by atoms with E-state index < -0.39 is 35.1 Å². The predicted molar refractivity (Wildman–Crippen MR) is 54.6 cm³/mol. The lowest BCUT2D eigenvalue weighted by Gasteiger charge is -2.11. The lowest BCUT2D eigenvalue weighted by atomic mass is 10.1. The number of carbonyl (C=O) groups is 2. The van der Waals surface area contributed by atoms with E-state index in [4.69, 9.17) is 5.11 Å². The van der Waals surface area contributed by atoms with Crippen LogP contribution in [-0.4, -0.2) is 30.3 Å². The molecule has 5 nitrogen and oxygen atoms in total. The highest BCUT2D eigenvalue weighted by Crippen LogP contribution is 2.27. The number of halogens is 4. The van der Waals surface area contributed by atoms with Gasteiger partial charge in [-0.25, -0.2) is 9.18 Å². The highest BCUT2D eigenvalue weighted by atomic mass is 19.4. The fraction of sp³-hybridized carbons (Fsp3) is 0.200. The van der Waals surface area contributed by atoms with Crippen molar-refractivity contribution in [3.63, 3.8) is 0 Å². The molecule has 2 N–H and O–H groups in total. The average Bonchev–Trinajstić information content (AvgIpc) is 2.29. The molecule has 0 aliphatic heterocycles. The fourth-order valence-corrected chi connectivity index (χ4v) is 1.18. The summed E-state index contributed by atoms with van der Waals surface area (Å²) in [4.78, 5) is 21.4. The summed E-state index contributed by atoms with van der Waals surface area (Å²) < 4.78 is 53.9. The molecule has 0 saturated heterocycles. The van der Waals surface area contributed by atoms with E-state index in [0.717, 1.165) is 7.11 Å². The second-order valence-electron chi connectivity index (χ2n) is 3.29. The topological polar surface area (TPSA) is 75.6 Å². The Bertz CT molecular complexity index is 527. The number of hydrogen-bond acceptors (Lipinski definition) is 3. The number of carboxylic acids is 1. The van der Waals surface area contributed by atoms with E-state index in [0.29, 0.717) is 12.1 Å². The van der Waals surface area contributed by atoms with Crippen molar-refractivity contribution in [2.75, 3.05) is 12.4 Å². The van der Waals surface area contributed by atoms with Crippen LogP contribution in [0.1, 0.15) is 10.4 Å². The second kappa shape index (κ2) is 5.12. The predicted octanol–water partition coefficient (Wildman–Crippen LogP) is 2.03. The molecule has 1 aromatic rings. The number of amides is 1. The highest BCUT2D eigenvalue weighted by molar-refractivity contribution is 5.97. The third-order valence-corrected chi connectivity index (χ3v) is 2.03. The Kier molecular flexibility index (Phi) is 3.98. The van der Waals surface area contributed by atoms with Gasteiger partial charge in [0.25, 0.3) is 0 Å². The highest BCUT2D eigenvalue weighted by Gasteiger charge is 2.39. The van der Waals surface area contributed by atoms with Gasteiger partial charge in [-0.1, -0.05) is 0 Å². The maximum atomic E-state index is 13.4. The second-order valence-corrected chi connectivity index (χ2v) is 3.29. The van der Waals surface area contributed by atoms with E-state index in [9.17, 15) is 27.2 Å². The molecule has 0 atom stereocenters. The van der Waals surface area contributed by atoms with Gasteiger partial charge >= 0.3 is 18.1 Å². The van der Waals surface area contributed by atoms with Crippen LogP contribution in [0.4, 0.5) is 23.2 Å². The summed E-state index contributed by atoms with van der Waals surface area (Å²) in [5.41, 5.74) is -1.48. The monoisotopic (exact) mass is 281 g/mol. The van der Waals surface area contributed by atoms with Crippen LogP contribution in [0.2, 0.25) is 0 Å². The molecule has 104 valence electrons. The van der Waals surface area contributed by atoms with Crippen molar-refractivity contribution in [2.24, 2.45) is 0 Å². The maximum absolute atomic E-state index is 13.4. The largest absolute Gasteiger partial charge is 0.496 e. The molecule has 0 aliphatic rings. The summed E-state index contributed by atoms with van der Waals surface area (Å²) in [5, 5.41) is 10.0. The maximum Gasteiger partial charge on any atom is 0.471 e. The molecule has 1 aromatic carbocycles. The summed E-state index contributed by atoms with van der Waals surface area (Å²) in [5.74, 6) is -5.58. The van der Waals surface area contributed by atoms with Gasteiger partial charge < -0.3 is 15.2 Å². The quantitative estimate of drug-likeness (QED) is 0.831. The summed E-state index contributed by atoms with van der Waals surface area (Å²) in [6, 6.07) is 1.11. The number of aromatic carboxylic acids is 1. The van der Waals surface area contributed by atoms with Crippen LogP contribution < -0.4 is 10.1 Å². The molecule has 0 aliphatic carbocycles. The van der Waals surface area contributed by atoms with Crippen molar-refractivity contribution in [2.45, 2.75) is 6.18 Å². The Hall–Kier alpha value is -2.32. The Balaban J connectivity index is 3.19. The Labute approximate surface area is 103 Å². The standard InChI is InChI=1S/C10H7F4NO4/c1-19-7-3-5(11)6(2-4(7)8(16)17)15-9(18)10(12,13)14/h2-3H,1H3,(H,15,18)(H,16,17). The third kappa shape index (κ3) is 3.33. The minimum Gasteiger partial charge on any atom is -0.496 e. The zero-order chi connectivity index (χ0) is 14.8. The van der Waals surface area contributed by atoms with Crippen molar-refractivity contribution in [3.8, 4) is 5.75 Å². The number of ether oxygens (including phenoxy) is 1. The molecule has 19 heavy (non-hydrogen) atoms. The molecule has 0 fully saturated rings. The number of rotatable bonds is 3. The normalized spacial score (nSPS) is 11.0. The molecule has 0 bridgehead atoms. The van der Waals surface area contributed by atoms with E-state index in [2.05, 4.69) is 4.74 Å². The van der Waals surface area contributed by atoms with Crippen LogP contribution in [0.3, 0.4) is 0 Å². The zero-order valence-electron chi connectivity index (χ0n) is 9.34. The molecule has 0 saturated carbocycles. The van der Waals surface area contributed by atoms with Crippen LogP contribution in [0, 0.1) is 5.82 Å². The van der Waals surface area contributed by atoms with Crippen molar-refractivity contribution in [3.05, 3.63) is 23.5 Å². The smallest absolute Gasteiger partial charge is 0.471 e. The first kappa shape index (κ1) is 14.7. The lowest BCUT2D eigenvalue weighted by molar-refractivity contribution is -0.167. The number of nitrogens with one attached hydrogen (secondary N) is 1. The van der Waals surface area contributed by atoms with Crippen molar-refractivity contribution in [1.82, 2.24) is 0 Å². The summed E-state index contributed by atoms with van der Waals surface area (Å²) >= 11 is 0. The minimum absolute atomic E-state index is 0.380. The van der Waals surface area contributed by atoms with Gasteiger partial charge in [0.15, 0.2) is 0 Å². The van der Waals surface area contributed by atoms with Gasteiger partial charge in [-0.05, 0) is 6.07 Å². The molecule has 9 heteroatoms. The lowest BCUT2D eigenvalue weighted by Crippen LogP contribution is -2.30. The summed E-state index contributed by atoms with van der Waals surface area (Å²) in [6.07, 6.45) is -5.21. The number of carbonyl (C=O) groups excluding carboxylic acids is 1. The van der Waals surface area contributed by atoms with Gasteiger partial charge in [0.1, 0.15) is 17.1 Å². The number of benzene rings is 1. The molecule has 0 aromatic heterocycles. The molecule has 1 rings (SSSR count). The molecule has 0 unspecified atom stereocenters. The van der Waals surface area contributed by atoms with Crippen LogP contribution >= 0.6 is 0 Å². The number of methoxy groups -OCH3 is 1. The van der Waals surface area contributed by atoms with Gasteiger partial charge in [-0.3, -0.25) is 4.79 Å². The Morgan fingerprint density at radius 1 is 1.32 bits per heavy atom. The van der Waals surface area contributed by atoms with E-state index in [1.165, 1.54) is 5.32 Å². The molecule has 0 radical (unpaired) electrons. The van der Waals surface area contributed by atoms with Crippen molar-refractivity contribution < 1.29 is 37.0 Å². The van der Waals surface area contributed by atoms with Crippen molar-refractivity contribution in [1.29, 1.82) is 0 Å². The molecule has 0 spiro atoms. The molecule has 0 heterocycles. The molecule has 1 amide bonds. The van der Waals surface area contributed by atoms with Gasteiger partial charge in [-0.2, -0.15) is 13.2 Å². The van der Waals surface area contributed by atoms with E-state index >= 15 is 0 Å². The van der Waals surface area contributed by atoms with E-state index in [1.807, 2.05) is 0 Å². The number of carboxylic acid groups (broad SMARTS) is 1.